The molecule has 1 saturated heterocycles. The van der Waals surface area contributed by atoms with Crippen LogP contribution in [0.1, 0.15) is 42.9 Å². The van der Waals surface area contributed by atoms with Gasteiger partial charge in [-0.2, -0.15) is 4.31 Å². The van der Waals surface area contributed by atoms with Crippen LogP contribution in [0.5, 0.6) is 0 Å². The topological polar surface area (TPSA) is 78.5 Å². The van der Waals surface area contributed by atoms with Gasteiger partial charge >= 0.3 is 0 Å². The summed E-state index contributed by atoms with van der Waals surface area (Å²) in [5.74, 6) is -0.469. The van der Waals surface area contributed by atoms with Gasteiger partial charge in [-0.25, -0.2) is 12.8 Å². The first-order valence-electron chi connectivity index (χ1n) is 10.7. The molecule has 2 fully saturated rings. The van der Waals surface area contributed by atoms with E-state index < -0.39 is 16.1 Å². The Kier molecular flexibility index (Phi) is 6.41. The Labute approximate surface area is 182 Å². The van der Waals surface area contributed by atoms with E-state index in [0.717, 1.165) is 18.4 Å². The highest BCUT2D eigenvalue weighted by atomic mass is 32.2. The van der Waals surface area contributed by atoms with Gasteiger partial charge in [-0.1, -0.05) is 29.8 Å². The molecule has 1 amide bonds. The van der Waals surface area contributed by atoms with E-state index in [1.54, 1.807) is 36.4 Å². The van der Waals surface area contributed by atoms with E-state index in [0.29, 0.717) is 36.4 Å². The molecule has 166 valence electrons. The molecule has 1 aliphatic carbocycles. The quantitative estimate of drug-likeness (QED) is 0.687. The number of nitrogens with one attached hydrogen (secondary N) is 2. The normalized spacial score (nSPS) is 19.2. The van der Waals surface area contributed by atoms with Gasteiger partial charge in [-0.15, -0.1) is 0 Å². The Morgan fingerprint density at radius 1 is 0.968 bits per heavy atom. The van der Waals surface area contributed by atoms with Crippen LogP contribution in [0.2, 0.25) is 0 Å². The van der Waals surface area contributed by atoms with Gasteiger partial charge in [0.05, 0.1) is 4.90 Å². The zero-order valence-corrected chi connectivity index (χ0v) is 18.4. The van der Waals surface area contributed by atoms with E-state index in [9.17, 15) is 17.6 Å². The van der Waals surface area contributed by atoms with Gasteiger partial charge in [-0.3, -0.25) is 10.1 Å². The minimum atomic E-state index is -3.53. The van der Waals surface area contributed by atoms with Crippen LogP contribution in [0.4, 0.5) is 4.39 Å². The van der Waals surface area contributed by atoms with Gasteiger partial charge in [0.1, 0.15) is 11.9 Å². The first-order chi connectivity index (χ1) is 14.8. The van der Waals surface area contributed by atoms with E-state index >= 15 is 0 Å². The number of benzene rings is 2. The molecular formula is C23H28FN3O3S. The number of hydrogen-bond donors (Lipinski definition) is 2. The minimum Gasteiger partial charge on any atom is -0.352 e. The van der Waals surface area contributed by atoms with E-state index in [-0.39, 0.29) is 23.8 Å². The molecule has 4 rings (SSSR count). The van der Waals surface area contributed by atoms with Crippen LogP contribution < -0.4 is 10.6 Å². The summed E-state index contributed by atoms with van der Waals surface area (Å²) in [7, 11) is -3.53. The van der Waals surface area contributed by atoms with Crippen molar-refractivity contribution in [3.8, 4) is 0 Å². The summed E-state index contributed by atoms with van der Waals surface area (Å²) in [6, 6.07) is 12.4. The van der Waals surface area contributed by atoms with Crippen molar-refractivity contribution in [2.24, 2.45) is 0 Å². The Hall–Kier alpha value is -2.29. The van der Waals surface area contributed by atoms with Crippen LogP contribution in [0, 0.1) is 12.7 Å². The number of hydrogen-bond acceptors (Lipinski definition) is 4. The van der Waals surface area contributed by atoms with Crippen LogP contribution in [0.3, 0.4) is 0 Å². The third kappa shape index (κ3) is 5.31. The SMILES string of the molecule is Cc1ccc(S(=O)(=O)N2CCC(NC(C(=O)NC3CC3)c3ccc(F)cc3)CC2)cc1. The highest BCUT2D eigenvalue weighted by molar-refractivity contribution is 7.89. The maximum absolute atomic E-state index is 13.4. The number of sulfonamides is 1. The number of amides is 1. The van der Waals surface area contributed by atoms with Crippen molar-refractivity contribution in [2.75, 3.05) is 13.1 Å². The van der Waals surface area contributed by atoms with Crippen LogP contribution in [0.25, 0.3) is 0 Å². The fourth-order valence-corrected chi connectivity index (χ4v) is 5.32. The molecule has 31 heavy (non-hydrogen) atoms. The summed E-state index contributed by atoms with van der Waals surface area (Å²) >= 11 is 0. The minimum absolute atomic E-state index is 0.00975. The van der Waals surface area contributed by atoms with Crippen molar-refractivity contribution in [3.05, 3.63) is 65.5 Å². The number of carbonyl (C=O) groups is 1. The van der Waals surface area contributed by atoms with Crippen molar-refractivity contribution in [2.45, 2.75) is 55.6 Å². The molecule has 2 aliphatic rings. The maximum Gasteiger partial charge on any atom is 0.243 e. The second kappa shape index (κ2) is 9.06. The highest BCUT2D eigenvalue weighted by Gasteiger charge is 2.33. The highest BCUT2D eigenvalue weighted by Crippen LogP contribution is 2.25. The van der Waals surface area contributed by atoms with E-state index in [2.05, 4.69) is 10.6 Å². The largest absolute Gasteiger partial charge is 0.352 e. The summed E-state index contributed by atoms with van der Waals surface area (Å²) in [4.78, 5) is 13.1. The number of nitrogens with zero attached hydrogens (tertiary/aromatic N) is 1. The van der Waals surface area contributed by atoms with Gasteiger partial charge in [0, 0.05) is 25.2 Å². The molecule has 8 heteroatoms. The number of carbonyl (C=O) groups excluding carboxylic acids is 1. The standard InChI is InChI=1S/C23H28FN3O3S/c1-16-2-10-21(11-3-16)31(29,30)27-14-12-20(13-15-27)25-22(23(28)26-19-8-9-19)17-4-6-18(24)7-5-17/h2-7,10-11,19-20,22,25H,8-9,12-15H2,1H3,(H,26,28). The van der Waals surface area contributed by atoms with E-state index in [4.69, 9.17) is 0 Å². The fraction of sp³-hybridized carbons (Fsp3) is 0.435. The molecule has 2 aromatic rings. The predicted octanol–water partition coefficient (Wildman–Crippen LogP) is 2.90. The number of piperidine rings is 1. The summed E-state index contributed by atoms with van der Waals surface area (Å²) < 4.78 is 40.7. The third-order valence-electron chi connectivity index (χ3n) is 5.90. The first kappa shape index (κ1) is 21.9. The van der Waals surface area contributed by atoms with Gasteiger partial charge < -0.3 is 5.32 Å². The average Bonchev–Trinajstić information content (AvgIpc) is 3.57. The second-order valence-corrected chi connectivity index (χ2v) is 10.4. The summed E-state index contributed by atoms with van der Waals surface area (Å²) in [5, 5.41) is 6.40. The van der Waals surface area contributed by atoms with Crippen LogP contribution in [0.15, 0.2) is 53.4 Å². The average molecular weight is 446 g/mol. The Morgan fingerprint density at radius 3 is 2.16 bits per heavy atom. The summed E-state index contributed by atoms with van der Waals surface area (Å²) in [6.07, 6.45) is 3.16. The zero-order valence-electron chi connectivity index (χ0n) is 17.6. The van der Waals surface area contributed by atoms with Crippen molar-refractivity contribution < 1.29 is 17.6 Å². The summed E-state index contributed by atoms with van der Waals surface area (Å²) in [6.45, 7) is 2.69. The fourth-order valence-electron chi connectivity index (χ4n) is 3.85. The molecule has 1 aliphatic heterocycles. The van der Waals surface area contributed by atoms with Crippen molar-refractivity contribution in [1.82, 2.24) is 14.9 Å². The summed E-state index contributed by atoms with van der Waals surface area (Å²) in [5.41, 5.74) is 1.72. The monoisotopic (exact) mass is 445 g/mol. The van der Waals surface area contributed by atoms with Crippen LogP contribution in [-0.4, -0.2) is 43.8 Å². The van der Waals surface area contributed by atoms with Crippen LogP contribution in [-0.2, 0) is 14.8 Å². The molecule has 1 atom stereocenters. The first-order valence-corrected chi connectivity index (χ1v) is 12.2. The molecular weight excluding hydrogens is 417 g/mol. The maximum atomic E-state index is 13.4. The Balaban J connectivity index is 1.42. The lowest BCUT2D eigenvalue weighted by Crippen LogP contribution is -2.48. The van der Waals surface area contributed by atoms with Gasteiger partial charge in [0.2, 0.25) is 15.9 Å². The van der Waals surface area contributed by atoms with Crippen molar-refractivity contribution in [3.63, 3.8) is 0 Å². The van der Waals surface area contributed by atoms with E-state index in [1.807, 2.05) is 6.92 Å². The molecule has 2 N–H and O–H groups in total. The third-order valence-corrected chi connectivity index (χ3v) is 7.82. The Morgan fingerprint density at radius 2 is 1.58 bits per heavy atom. The Bertz CT molecular complexity index is 1010. The second-order valence-electron chi connectivity index (χ2n) is 8.43. The number of rotatable bonds is 7. The number of halogens is 1. The smallest absolute Gasteiger partial charge is 0.243 e. The molecule has 1 saturated carbocycles. The van der Waals surface area contributed by atoms with E-state index in [1.165, 1.54) is 16.4 Å². The molecule has 1 unspecified atom stereocenters. The predicted molar refractivity (Wildman–Crippen MR) is 116 cm³/mol. The molecule has 2 aromatic carbocycles. The molecule has 1 heterocycles. The van der Waals surface area contributed by atoms with Crippen molar-refractivity contribution in [1.29, 1.82) is 0 Å². The van der Waals surface area contributed by atoms with Gasteiger partial charge in [0.15, 0.2) is 0 Å². The molecule has 0 bridgehead atoms. The van der Waals surface area contributed by atoms with Crippen LogP contribution >= 0.6 is 0 Å². The van der Waals surface area contributed by atoms with Gasteiger partial charge in [-0.05, 0) is 62.4 Å². The molecule has 0 aromatic heterocycles. The lowest BCUT2D eigenvalue weighted by atomic mass is 10.0. The zero-order chi connectivity index (χ0) is 22.0. The number of aryl methyl sites for hydroxylation is 1. The lowest BCUT2D eigenvalue weighted by Gasteiger charge is -2.33. The molecule has 6 nitrogen and oxygen atoms in total. The molecule has 0 radical (unpaired) electrons. The molecule has 0 spiro atoms. The van der Waals surface area contributed by atoms with Gasteiger partial charge in [0.25, 0.3) is 0 Å². The van der Waals surface area contributed by atoms with Crippen molar-refractivity contribution >= 4 is 15.9 Å². The lowest BCUT2D eigenvalue weighted by molar-refractivity contribution is -0.123.